The van der Waals surface area contributed by atoms with Crippen molar-refractivity contribution in [2.75, 3.05) is 7.05 Å². The minimum absolute atomic E-state index is 0.0195. The topological polar surface area (TPSA) is 25.4 Å². The van der Waals surface area contributed by atoms with E-state index in [2.05, 4.69) is 74.1 Å². The van der Waals surface area contributed by atoms with Gasteiger partial charge < -0.3 is 9.64 Å². The van der Waals surface area contributed by atoms with Crippen molar-refractivity contribution in [2.45, 2.75) is 101 Å². The molecule has 2 aromatic rings. The fraction of sp³-hybridized carbons (Fsp3) is 0.594. The molecule has 2 aliphatic heterocycles. The van der Waals surface area contributed by atoms with Crippen LogP contribution in [0.2, 0.25) is 0 Å². The molecule has 0 radical (unpaired) electrons. The molecule has 2 saturated carbocycles. The van der Waals surface area contributed by atoms with Gasteiger partial charge in [0.05, 0.1) is 11.2 Å². The molecule has 2 bridgehead atoms. The third kappa shape index (κ3) is 3.01. The van der Waals surface area contributed by atoms with Gasteiger partial charge >= 0.3 is 0 Å². The minimum atomic E-state index is -0.0675. The summed E-state index contributed by atoms with van der Waals surface area (Å²) in [7, 11) is 2.32. The molecular formula is C32H40N2O. The average Bonchev–Trinajstić information content (AvgIpc) is 3.38. The highest BCUT2D eigenvalue weighted by Gasteiger charge is 2.66. The second kappa shape index (κ2) is 7.52. The van der Waals surface area contributed by atoms with E-state index < -0.39 is 0 Å². The smallest absolute Gasteiger partial charge is 0.0974 e. The van der Waals surface area contributed by atoms with E-state index in [9.17, 15) is 0 Å². The third-order valence-electron chi connectivity index (χ3n) is 11.1. The van der Waals surface area contributed by atoms with Gasteiger partial charge in [0.25, 0.3) is 0 Å². The lowest BCUT2D eigenvalue weighted by Crippen LogP contribution is -2.55. The first kappa shape index (κ1) is 22.2. The molecule has 2 spiro atoms. The Bertz CT molecular complexity index is 1250. The number of fused-ring (bicyclic) bond motifs is 2. The Balaban J connectivity index is 1.25. The lowest BCUT2D eigenvalue weighted by atomic mass is 9.58. The number of hydrogen-bond donors (Lipinski definition) is 0. The van der Waals surface area contributed by atoms with Crippen molar-refractivity contribution in [3.8, 4) is 0 Å². The van der Waals surface area contributed by atoms with Crippen molar-refractivity contribution in [2.24, 2.45) is 11.3 Å². The molecule has 3 heterocycles. The molecule has 3 nitrogen and oxygen atoms in total. The van der Waals surface area contributed by atoms with Gasteiger partial charge in [-0.05, 0) is 124 Å². The highest BCUT2D eigenvalue weighted by Crippen LogP contribution is 2.69. The number of ether oxygens (including phenoxy) is 1. The summed E-state index contributed by atoms with van der Waals surface area (Å²) >= 11 is 0. The number of hydrogen-bond acceptors (Lipinski definition) is 3. The van der Waals surface area contributed by atoms with E-state index in [-0.39, 0.29) is 16.6 Å². The molecule has 1 aromatic heterocycles. The Morgan fingerprint density at radius 3 is 2.83 bits per heavy atom. The quantitative estimate of drug-likeness (QED) is 0.477. The van der Waals surface area contributed by atoms with Crippen molar-refractivity contribution < 1.29 is 4.74 Å². The molecule has 5 aliphatic rings. The van der Waals surface area contributed by atoms with E-state index >= 15 is 0 Å². The maximum absolute atomic E-state index is 7.50. The fourth-order valence-corrected chi connectivity index (χ4v) is 9.02. The Kier molecular flexibility index (Phi) is 4.78. The van der Waals surface area contributed by atoms with Crippen LogP contribution in [0.4, 0.5) is 0 Å². The maximum Gasteiger partial charge on any atom is 0.0974 e. The van der Waals surface area contributed by atoms with Crippen molar-refractivity contribution in [3.05, 3.63) is 65.5 Å². The molecule has 3 fully saturated rings. The van der Waals surface area contributed by atoms with E-state index in [1.54, 1.807) is 5.57 Å². The van der Waals surface area contributed by atoms with E-state index in [1.165, 1.54) is 73.3 Å². The first-order chi connectivity index (χ1) is 16.8. The number of pyridine rings is 1. The Morgan fingerprint density at radius 2 is 1.97 bits per heavy atom. The second-order valence-electron chi connectivity index (χ2n) is 12.8. The van der Waals surface area contributed by atoms with E-state index in [1.807, 2.05) is 12.4 Å². The van der Waals surface area contributed by atoms with Crippen molar-refractivity contribution in [1.82, 2.24) is 9.88 Å². The molecule has 0 amide bonds. The van der Waals surface area contributed by atoms with Gasteiger partial charge in [-0.25, -0.2) is 0 Å². The van der Waals surface area contributed by atoms with Crippen LogP contribution in [0.25, 0.3) is 10.8 Å². The van der Waals surface area contributed by atoms with Crippen molar-refractivity contribution in [3.63, 3.8) is 0 Å². The number of rotatable bonds is 3. The Labute approximate surface area is 210 Å². The van der Waals surface area contributed by atoms with Crippen LogP contribution in [0.15, 0.2) is 60.0 Å². The zero-order valence-electron chi connectivity index (χ0n) is 21.9. The van der Waals surface area contributed by atoms with Gasteiger partial charge in [-0.15, -0.1) is 0 Å². The summed E-state index contributed by atoms with van der Waals surface area (Å²) < 4.78 is 7.50. The van der Waals surface area contributed by atoms with Crippen molar-refractivity contribution in [1.29, 1.82) is 0 Å². The largest absolute Gasteiger partial charge is 0.359 e. The SMILES string of the molecule is CC(C)N(C)[C@@H]1CCC2=CC3=CC[C@]4(C)[C@@H](c5ccc6ccncc6c5)CC[C@H]4[C@@]34CCC2(C1)O4. The van der Waals surface area contributed by atoms with E-state index in [4.69, 9.17) is 4.74 Å². The summed E-state index contributed by atoms with van der Waals surface area (Å²) in [4.78, 5) is 6.98. The Hall–Kier alpha value is -1.97. The van der Waals surface area contributed by atoms with Gasteiger partial charge in [0.15, 0.2) is 0 Å². The molecule has 3 aliphatic carbocycles. The summed E-state index contributed by atoms with van der Waals surface area (Å²) in [5, 5.41) is 2.56. The van der Waals surface area contributed by atoms with Gasteiger partial charge in [0.1, 0.15) is 0 Å². The fourth-order valence-electron chi connectivity index (χ4n) is 9.02. The van der Waals surface area contributed by atoms with E-state index in [0.717, 1.165) is 0 Å². The Morgan fingerprint density at radius 1 is 1.09 bits per heavy atom. The molecule has 1 aromatic carbocycles. The predicted molar refractivity (Wildman–Crippen MR) is 142 cm³/mol. The summed E-state index contributed by atoms with van der Waals surface area (Å²) in [5.74, 6) is 1.19. The summed E-state index contributed by atoms with van der Waals surface area (Å²) in [5.41, 5.74) is 4.79. The van der Waals surface area contributed by atoms with E-state index in [0.29, 0.717) is 23.9 Å². The second-order valence-corrected chi connectivity index (χ2v) is 12.8. The maximum atomic E-state index is 7.50. The van der Waals surface area contributed by atoms with Crippen molar-refractivity contribution >= 4 is 10.8 Å². The summed E-state index contributed by atoms with van der Waals surface area (Å²) in [6.45, 7) is 7.24. The number of aromatic nitrogens is 1. The van der Waals surface area contributed by atoms with Gasteiger partial charge in [-0.1, -0.05) is 31.2 Å². The number of benzene rings is 1. The lowest BCUT2D eigenvalue weighted by molar-refractivity contribution is -0.141. The highest BCUT2D eigenvalue weighted by atomic mass is 16.5. The van der Waals surface area contributed by atoms with Crippen LogP contribution in [-0.4, -0.2) is 40.2 Å². The molecule has 7 rings (SSSR count). The average molecular weight is 469 g/mol. The van der Waals surface area contributed by atoms with Crippen LogP contribution in [0.3, 0.4) is 0 Å². The zero-order chi connectivity index (χ0) is 24.0. The van der Waals surface area contributed by atoms with Crippen LogP contribution >= 0.6 is 0 Å². The normalized spacial score (nSPS) is 39.9. The van der Waals surface area contributed by atoms with Gasteiger partial charge in [0, 0.05) is 29.9 Å². The molecule has 184 valence electrons. The van der Waals surface area contributed by atoms with Crippen LogP contribution in [-0.2, 0) is 4.74 Å². The molecule has 35 heavy (non-hydrogen) atoms. The van der Waals surface area contributed by atoms with Crippen LogP contribution < -0.4 is 0 Å². The molecular weight excluding hydrogens is 428 g/mol. The third-order valence-corrected chi connectivity index (χ3v) is 11.1. The van der Waals surface area contributed by atoms with Crippen LogP contribution in [0, 0.1) is 11.3 Å². The molecule has 1 unspecified atom stereocenters. The van der Waals surface area contributed by atoms with Gasteiger partial charge in [-0.3, -0.25) is 4.98 Å². The number of nitrogens with zero attached hydrogens (tertiary/aromatic N) is 2. The van der Waals surface area contributed by atoms with Crippen LogP contribution in [0.1, 0.15) is 83.6 Å². The van der Waals surface area contributed by atoms with Gasteiger partial charge in [0.2, 0.25) is 0 Å². The molecule has 3 heteroatoms. The molecule has 1 saturated heterocycles. The zero-order valence-corrected chi connectivity index (χ0v) is 21.9. The first-order valence-electron chi connectivity index (χ1n) is 14.0. The minimum Gasteiger partial charge on any atom is -0.359 e. The summed E-state index contributed by atoms with van der Waals surface area (Å²) in [6.07, 6.45) is 18.9. The lowest BCUT2D eigenvalue weighted by Gasteiger charge is -2.55. The molecule has 0 N–H and O–H groups in total. The monoisotopic (exact) mass is 468 g/mol. The predicted octanol–water partition coefficient (Wildman–Crippen LogP) is 7.19. The molecule has 6 atom stereocenters. The van der Waals surface area contributed by atoms with Gasteiger partial charge in [-0.2, -0.15) is 0 Å². The van der Waals surface area contributed by atoms with Crippen LogP contribution in [0.5, 0.6) is 0 Å². The first-order valence-corrected chi connectivity index (χ1v) is 14.0. The number of allylic oxidation sites excluding steroid dienone is 1. The summed E-state index contributed by atoms with van der Waals surface area (Å²) in [6, 6.07) is 10.4. The standard InChI is InChI=1S/C32H40N2O/c1-21(2)34(4)27-8-7-25-18-26-11-13-30(3)28(23-6-5-22-12-16-33-20-24(22)17-23)9-10-29(30)32(26)15-14-31(25,19-27)35-32/h5-6,11-12,16-18,20-21,27-29H,7-10,13-15,19H2,1-4H3/t27-,28-,29-,30-,31?,32-/m1/s1. The highest BCUT2D eigenvalue weighted by molar-refractivity contribution is 5.82.